The molecule has 1 aliphatic rings. The Morgan fingerprint density at radius 1 is 1.41 bits per heavy atom. The molecule has 0 atom stereocenters. The van der Waals surface area contributed by atoms with E-state index in [1.54, 1.807) is 6.20 Å². The first-order valence-corrected chi connectivity index (χ1v) is 6.59. The second-order valence-electron chi connectivity index (χ2n) is 4.97. The van der Waals surface area contributed by atoms with Gasteiger partial charge in [-0.3, -0.25) is 4.90 Å². The minimum Gasteiger partial charge on any atom is -0.328 e. The van der Waals surface area contributed by atoms with Gasteiger partial charge in [-0.15, -0.1) is 0 Å². The first-order chi connectivity index (χ1) is 8.15. The summed E-state index contributed by atoms with van der Waals surface area (Å²) < 4.78 is 0. The van der Waals surface area contributed by atoms with Crippen LogP contribution in [0.5, 0.6) is 0 Å². The maximum Gasteiger partial charge on any atom is 0.129 e. The van der Waals surface area contributed by atoms with Crippen molar-refractivity contribution in [2.24, 2.45) is 5.73 Å². The third-order valence-corrected chi connectivity index (χ3v) is 3.79. The van der Waals surface area contributed by atoms with Crippen molar-refractivity contribution in [1.82, 2.24) is 9.88 Å². The Bertz CT molecular complexity index is 361. The third kappa shape index (κ3) is 3.66. The molecule has 1 aromatic heterocycles. The van der Waals surface area contributed by atoms with Crippen molar-refractivity contribution in [3.63, 3.8) is 0 Å². The summed E-state index contributed by atoms with van der Waals surface area (Å²) >= 11 is 5.89. The van der Waals surface area contributed by atoms with E-state index >= 15 is 0 Å². The fourth-order valence-electron chi connectivity index (χ4n) is 2.50. The minimum absolute atomic E-state index is 0.412. The van der Waals surface area contributed by atoms with Gasteiger partial charge in [0, 0.05) is 24.8 Å². The summed E-state index contributed by atoms with van der Waals surface area (Å²) in [7, 11) is 2.18. The molecule has 0 amide bonds. The van der Waals surface area contributed by atoms with Gasteiger partial charge in [-0.25, -0.2) is 4.98 Å². The predicted octanol–water partition coefficient (Wildman–Crippen LogP) is 2.44. The predicted molar refractivity (Wildman–Crippen MR) is 70.9 cm³/mol. The molecule has 1 heterocycles. The van der Waals surface area contributed by atoms with E-state index in [1.165, 1.54) is 18.4 Å². The topological polar surface area (TPSA) is 42.2 Å². The monoisotopic (exact) mass is 253 g/mol. The smallest absolute Gasteiger partial charge is 0.129 e. The van der Waals surface area contributed by atoms with Crippen molar-refractivity contribution in [3.05, 3.63) is 29.0 Å². The van der Waals surface area contributed by atoms with Crippen LogP contribution in [-0.4, -0.2) is 29.0 Å². The number of rotatable bonds is 3. The molecule has 2 N–H and O–H groups in total. The average molecular weight is 254 g/mol. The molecule has 1 aromatic rings. The molecule has 3 nitrogen and oxygen atoms in total. The van der Waals surface area contributed by atoms with Gasteiger partial charge in [0.25, 0.3) is 0 Å². The van der Waals surface area contributed by atoms with Gasteiger partial charge in [0.2, 0.25) is 0 Å². The lowest BCUT2D eigenvalue weighted by Crippen LogP contribution is -2.38. The largest absolute Gasteiger partial charge is 0.328 e. The van der Waals surface area contributed by atoms with Crippen LogP contribution in [0.1, 0.15) is 31.2 Å². The van der Waals surface area contributed by atoms with Gasteiger partial charge in [0.05, 0.1) is 0 Å². The summed E-state index contributed by atoms with van der Waals surface area (Å²) in [6.45, 7) is 0.933. The average Bonchev–Trinajstić information content (AvgIpc) is 2.29. The Hall–Kier alpha value is -0.640. The summed E-state index contributed by atoms with van der Waals surface area (Å²) in [6.07, 6.45) is 6.47. The zero-order chi connectivity index (χ0) is 12.3. The van der Waals surface area contributed by atoms with Crippen molar-refractivity contribution in [2.45, 2.75) is 44.3 Å². The third-order valence-electron chi connectivity index (χ3n) is 3.59. The molecule has 4 heteroatoms. The number of halogens is 1. The first-order valence-electron chi connectivity index (χ1n) is 6.21. The molecule has 0 radical (unpaired) electrons. The number of hydrogen-bond acceptors (Lipinski definition) is 3. The van der Waals surface area contributed by atoms with Crippen LogP contribution in [0.25, 0.3) is 0 Å². The van der Waals surface area contributed by atoms with Gasteiger partial charge in [-0.05, 0) is 50.4 Å². The van der Waals surface area contributed by atoms with Crippen molar-refractivity contribution in [1.29, 1.82) is 0 Å². The van der Waals surface area contributed by atoms with Crippen LogP contribution in [-0.2, 0) is 6.54 Å². The molecule has 94 valence electrons. The lowest BCUT2D eigenvalue weighted by molar-refractivity contribution is 0.176. The first kappa shape index (κ1) is 12.8. The molecule has 0 bridgehead atoms. The molecular formula is C13H20ClN3. The lowest BCUT2D eigenvalue weighted by Gasteiger charge is -2.33. The quantitative estimate of drug-likeness (QED) is 0.842. The van der Waals surface area contributed by atoms with E-state index in [9.17, 15) is 0 Å². The molecule has 1 saturated carbocycles. The standard InChI is InChI=1S/C13H20ClN3/c1-17(12-4-2-11(15)3-5-12)9-10-6-7-16-13(14)8-10/h6-8,11-12H,2-5,9,15H2,1H3. The van der Waals surface area contributed by atoms with Gasteiger partial charge in [-0.2, -0.15) is 0 Å². The van der Waals surface area contributed by atoms with Gasteiger partial charge in [-0.1, -0.05) is 11.6 Å². The highest BCUT2D eigenvalue weighted by Gasteiger charge is 2.21. The molecule has 0 saturated heterocycles. The summed E-state index contributed by atoms with van der Waals surface area (Å²) in [6, 6.07) is 5.03. The SMILES string of the molecule is CN(Cc1ccnc(Cl)c1)C1CCC(N)CC1. The van der Waals surface area contributed by atoms with E-state index in [0.29, 0.717) is 17.2 Å². The van der Waals surface area contributed by atoms with Crippen molar-refractivity contribution < 1.29 is 0 Å². The maximum absolute atomic E-state index is 5.93. The second-order valence-corrected chi connectivity index (χ2v) is 5.36. The fraction of sp³-hybridized carbons (Fsp3) is 0.615. The Labute approximate surface area is 108 Å². The zero-order valence-electron chi connectivity index (χ0n) is 10.3. The number of nitrogens with zero attached hydrogens (tertiary/aromatic N) is 2. The Kier molecular flexibility index (Phi) is 4.37. The van der Waals surface area contributed by atoms with Gasteiger partial charge >= 0.3 is 0 Å². The van der Waals surface area contributed by atoms with E-state index in [4.69, 9.17) is 17.3 Å². The molecule has 17 heavy (non-hydrogen) atoms. The molecule has 1 fully saturated rings. The molecular weight excluding hydrogens is 234 g/mol. The molecule has 0 unspecified atom stereocenters. The summed E-state index contributed by atoms with van der Waals surface area (Å²) in [4.78, 5) is 6.40. The summed E-state index contributed by atoms with van der Waals surface area (Å²) in [5.41, 5.74) is 7.15. The highest BCUT2D eigenvalue weighted by atomic mass is 35.5. The highest BCUT2D eigenvalue weighted by molar-refractivity contribution is 6.29. The van der Waals surface area contributed by atoms with Crippen molar-refractivity contribution >= 4 is 11.6 Å². The van der Waals surface area contributed by atoms with Crippen molar-refractivity contribution in [2.75, 3.05) is 7.05 Å². The van der Waals surface area contributed by atoms with Crippen LogP contribution in [0.4, 0.5) is 0 Å². The molecule has 0 aromatic carbocycles. The Morgan fingerprint density at radius 2 is 2.12 bits per heavy atom. The van der Waals surface area contributed by atoms with E-state index in [2.05, 4.69) is 16.9 Å². The van der Waals surface area contributed by atoms with E-state index in [1.807, 2.05) is 12.1 Å². The van der Waals surface area contributed by atoms with Crippen molar-refractivity contribution in [3.8, 4) is 0 Å². The van der Waals surface area contributed by atoms with Gasteiger partial charge < -0.3 is 5.73 Å². The van der Waals surface area contributed by atoms with Crippen LogP contribution in [0.2, 0.25) is 5.15 Å². The number of nitrogens with two attached hydrogens (primary N) is 1. The fourth-order valence-corrected chi connectivity index (χ4v) is 2.70. The van der Waals surface area contributed by atoms with Crippen LogP contribution >= 0.6 is 11.6 Å². The Morgan fingerprint density at radius 3 is 2.76 bits per heavy atom. The molecule has 1 aliphatic carbocycles. The summed E-state index contributed by atoms with van der Waals surface area (Å²) in [5.74, 6) is 0. The normalized spacial score (nSPS) is 25.2. The maximum atomic E-state index is 5.93. The molecule has 0 spiro atoms. The molecule has 0 aliphatic heterocycles. The number of pyridine rings is 1. The zero-order valence-corrected chi connectivity index (χ0v) is 11.0. The van der Waals surface area contributed by atoms with Gasteiger partial charge in [0.1, 0.15) is 5.15 Å². The van der Waals surface area contributed by atoms with Gasteiger partial charge in [0.15, 0.2) is 0 Å². The van der Waals surface area contributed by atoms with Crippen LogP contribution < -0.4 is 5.73 Å². The van der Waals surface area contributed by atoms with E-state index < -0.39 is 0 Å². The van der Waals surface area contributed by atoms with E-state index in [-0.39, 0.29) is 0 Å². The van der Waals surface area contributed by atoms with Crippen LogP contribution in [0, 0.1) is 0 Å². The van der Waals surface area contributed by atoms with Crippen LogP contribution in [0.15, 0.2) is 18.3 Å². The van der Waals surface area contributed by atoms with E-state index in [0.717, 1.165) is 19.4 Å². The number of hydrogen-bond donors (Lipinski definition) is 1. The highest BCUT2D eigenvalue weighted by Crippen LogP contribution is 2.22. The minimum atomic E-state index is 0.412. The number of aromatic nitrogens is 1. The Balaban J connectivity index is 1.90. The molecule has 2 rings (SSSR count). The second kappa shape index (κ2) is 5.80. The lowest BCUT2D eigenvalue weighted by atomic mass is 9.91. The van der Waals surface area contributed by atoms with Crippen LogP contribution in [0.3, 0.4) is 0 Å². The summed E-state index contributed by atoms with van der Waals surface area (Å²) in [5, 5.41) is 0.571.